The third kappa shape index (κ3) is 5.76. The Balaban J connectivity index is 2.46. The average molecular weight is 528 g/mol. The van der Waals surface area contributed by atoms with E-state index in [1.165, 1.54) is 0 Å². The first kappa shape index (κ1) is 24.7. The topological polar surface area (TPSA) is 99.4 Å². The van der Waals surface area contributed by atoms with Gasteiger partial charge >= 0.3 is 17.8 Å². The van der Waals surface area contributed by atoms with Crippen LogP contribution in [-0.4, -0.2) is 32.7 Å². The Morgan fingerprint density at radius 2 is 1.87 bits per heavy atom. The number of nitrogens with one attached hydrogen (secondary N) is 1. The number of carbonyl (C=O) groups excluding carboxylic acids is 2. The molecule has 14 heteroatoms. The number of nitrogens with zero attached hydrogens (tertiary/aromatic N) is 2. The lowest BCUT2D eigenvalue weighted by atomic mass is 10.2. The zero-order valence-corrected chi connectivity index (χ0v) is 18.3. The first-order valence-corrected chi connectivity index (χ1v) is 10.1. The van der Waals surface area contributed by atoms with Gasteiger partial charge in [-0.1, -0.05) is 11.8 Å². The molecule has 1 aromatic heterocycles. The maximum atomic E-state index is 14.5. The number of amides is 1. The van der Waals surface area contributed by atoms with Crippen molar-refractivity contribution in [2.24, 2.45) is 7.05 Å². The summed E-state index contributed by atoms with van der Waals surface area (Å²) in [7, 11) is 0.784. The van der Waals surface area contributed by atoms with E-state index in [0.717, 1.165) is 19.2 Å². The minimum Gasteiger partial charge on any atom is -0.465 e. The van der Waals surface area contributed by atoms with Gasteiger partial charge in [0.25, 0.3) is 10.8 Å². The molecule has 0 atom stereocenters. The summed E-state index contributed by atoms with van der Waals surface area (Å²) in [5.41, 5.74) is -5.11. The molecule has 168 valence electrons. The SMILES string of the molecule is CCOC(=O)CSC(=O)Nc1cc(-n2c(=O)cc(C(F)(F)F)n(C)c2=O)c(F)cc1Br. The normalized spacial score (nSPS) is 11.3. The second-order valence-corrected chi connectivity index (χ2v) is 7.63. The van der Waals surface area contributed by atoms with Crippen molar-refractivity contribution in [3.8, 4) is 5.69 Å². The zero-order chi connectivity index (χ0) is 23.5. The Morgan fingerprint density at radius 3 is 2.45 bits per heavy atom. The lowest BCUT2D eigenvalue weighted by Crippen LogP contribution is -2.41. The van der Waals surface area contributed by atoms with Gasteiger partial charge in [0.05, 0.1) is 18.0 Å². The first-order valence-electron chi connectivity index (χ1n) is 8.35. The first-order chi connectivity index (χ1) is 14.4. The van der Waals surface area contributed by atoms with Gasteiger partial charge in [-0.25, -0.2) is 13.8 Å². The summed E-state index contributed by atoms with van der Waals surface area (Å²) in [6.07, 6.45) is -4.97. The number of anilines is 1. The van der Waals surface area contributed by atoms with E-state index in [0.29, 0.717) is 11.8 Å². The van der Waals surface area contributed by atoms with E-state index in [1.54, 1.807) is 6.92 Å². The van der Waals surface area contributed by atoms with Gasteiger partial charge in [-0.3, -0.25) is 19.0 Å². The second-order valence-electron chi connectivity index (χ2n) is 5.83. The van der Waals surface area contributed by atoms with Gasteiger partial charge < -0.3 is 10.1 Å². The van der Waals surface area contributed by atoms with Gasteiger partial charge in [0.2, 0.25) is 0 Å². The summed E-state index contributed by atoms with van der Waals surface area (Å²) in [5.74, 6) is -2.05. The molecule has 0 unspecified atom stereocenters. The van der Waals surface area contributed by atoms with Crippen molar-refractivity contribution in [1.82, 2.24) is 9.13 Å². The third-order valence-electron chi connectivity index (χ3n) is 3.75. The van der Waals surface area contributed by atoms with Gasteiger partial charge in [0.15, 0.2) is 0 Å². The lowest BCUT2D eigenvalue weighted by Gasteiger charge is -2.15. The minimum absolute atomic E-state index is 0.0237. The van der Waals surface area contributed by atoms with Crippen LogP contribution in [-0.2, 0) is 22.8 Å². The van der Waals surface area contributed by atoms with Crippen LogP contribution < -0.4 is 16.6 Å². The molecule has 0 spiro atoms. The molecular formula is C17H14BrF4N3O5S. The maximum Gasteiger partial charge on any atom is 0.431 e. The number of hydrogen-bond donors (Lipinski definition) is 1. The Kier molecular flexibility index (Phi) is 7.70. The number of thioether (sulfide) groups is 1. The van der Waals surface area contributed by atoms with Gasteiger partial charge in [0, 0.05) is 17.6 Å². The zero-order valence-electron chi connectivity index (χ0n) is 15.9. The van der Waals surface area contributed by atoms with Crippen molar-refractivity contribution in [1.29, 1.82) is 0 Å². The minimum atomic E-state index is -4.97. The van der Waals surface area contributed by atoms with Crippen molar-refractivity contribution >= 4 is 44.6 Å². The van der Waals surface area contributed by atoms with Crippen LogP contribution in [0.2, 0.25) is 0 Å². The second kappa shape index (κ2) is 9.68. The molecule has 0 aliphatic rings. The van der Waals surface area contributed by atoms with E-state index in [-0.39, 0.29) is 37.7 Å². The van der Waals surface area contributed by atoms with Crippen molar-refractivity contribution in [2.45, 2.75) is 13.1 Å². The summed E-state index contributed by atoms with van der Waals surface area (Å²) in [4.78, 5) is 47.9. The Morgan fingerprint density at radius 1 is 1.23 bits per heavy atom. The molecule has 0 aliphatic carbocycles. The number of esters is 1. The van der Waals surface area contributed by atoms with Crippen LogP contribution in [0.25, 0.3) is 5.69 Å². The van der Waals surface area contributed by atoms with Crippen molar-refractivity contribution < 1.29 is 31.9 Å². The van der Waals surface area contributed by atoms with E-state index in [1.807, 2.05) is 0 Å². The largest absolute Gasteiger partial charge is 0.465 e. The summed E-state index contributed by atoms with van der Waals surface area (Å²) in [6, 6.07) is 1.89. The quantitative estimate of drug-likeness (QED) is 0.473. The van der Waals surface area contributed by atoms with Crippen LogP contribution in [0.1, 0.15) is 12.6 Å². The van der Waals surface area contributed by atoms with E-state index in [4.69, 9.17) is 0 Å². The summed E-state index contributed by atoms with van der Waals surface area (Å²) in [5, 5.41) is 1.60. The van der Waals surface area contributed by atoms with Crippen LogP contribution in [0.4, 0.5) is 28.0 Å². The van der Waals surface area contributed by atoms with Crippen LogP contribution in [0.3, 0.4) is 0 Å². The highest BCUT2D eigenvalue weighted by Crippen LogP contribution is 2.29. The lowest BCUT2D eigenvalue weighted by molar-refractivity contribution is -0.144. The van der Waals surface area contributed by atoms with Crippen molar-refractivity contribution in [2.75, 3.05) is 17.7 Å². The van der Waals surface area contributed by atoms with Gasteiger partial charge in [-0.15, -0.1) is 0 Å². The molecule has 0 fully saturated rings. The highest BCUT2D eigenvalue weighted by atomic mass is 79.9. The number of aromatic nitrogens is 2. The Hall–Kier alpha value is -2.61. The number of alkyl halides is 3. The molecule has 31 heavy (non-hydrogen) atoms. The van der Waals surface area contributed by atoms with Crippen molar-refractivity contribution in [3.63, 3.8) is 0 Å². The van der Waals surface area contributed by atoms with Gasteiger partial charge in [0.1, 0.15) is 17.3 Å². The molecule has 0 aliphatic heterocycles. The molecule has 2 aromatic rings. The number of rotatable bonds is 5. The fraction of sp³-hybridized carbons (Fsp3) is 0.294. The van der Waals surface area contributed by atoms with Crippen LogP contribution in [0, 0.1) is 5.82 Å². The Bertz CT molecular complexity index is 1150. The summed E-state index contributed by atoms with van der Waals surface area (Å²) < 4.78 is 58.5. The molecule has 1 amide bonds. The highest BCUT2D eigenvalue weighted by molar-refractivity contribution is 9.10. The fourth-order valence-electron chi connectivity index (χ4n) is 2.40. The number of benzene rings is 1. The van der Waals surface area contributed by atoms with E-state index in [2.05, 4.69) is 26.0 Å². The number of halogens is 5. The molecule has 0 radical (unpaired) electrons. The molecular weight excluding hydrogens is 514 g/mol. The maximum absolute atomic E-state index is 14.5. The van der Waals surface area contributed by atoms with Gasteiger partial charge in [-0.2, -0.15) is 13.2 Å². The molecule has 0 saturated heterocycles. The van der Waals surface area contributed by atoms with Crippen LogP contribution >= 0.6 is 27.7 Å². The molecule has 1 heterocycles. The fourth-order valence-corrected chi connectivity index (χ4v) is 3.33. The number of hydrogen-bond acceptors (Lipinski definition) is 6. The van der Waals surface area contributed by atoms with E-state index < -0.39 is 45.8 Å². The standard InChI is InChI=1S/C17H14BrF4N3O5S/c1-3-30-14(27)7-31-15(28)23-10-5-11(9(19)4-8(10)18)25-13(26)6-12(17(20,21)22)24(2)16(25)29/h4-6H,3,7H2,1-2H3,(H,23,28). The van der Waals surface area contributed by atoms with E-state index >= 15 is 0 Å². The summed E-state index contributed by atoms with van der Waals surface area (Å²) >= 11 is 3.55. The van der Waals surface area contributed by atoms with Gasteiger partial charge in [-0.05, 0) is 35.0 Å². The highest BCUT2D eigenvalue weighted by Gasteiger charge is 2.35. The predicted molar refractivity (Wildman–Crippen MR) is 108 cm³/mol. The molecule has 1 aromatic carbocycles. The van der Waals surface area contributed by atoms with E-state index in [9.17, 15) is 36.7 Å². The number of ether oxygens (including phenoxy) is 1. The third-order valence-corrected chi connectivity index (χ3v) is 5.15. The molecule has 0 bridgehead atoms. The van der Waals surface area contributed by atoms with Crippen molar-refractivity contribution in [3.05, 3.63) is 55.0 Å². The monoisotopic (exact) mass is 527 g/mol. The molecule has 1 N–H and O–H groups in total. The van der Waals surface area contributed by atoms with Crippen LogP contribution in [0.15, 0.2) is 32.3 Å². The predicted octanol–water partition coefficient (Wildman–Crippen LogP) is 3.28. The smallest absolute Gasteiger partial charge is 0.431 e. The molecule has 0 saturated carbocycles. The molecule has 8 nitrogen and oxygen atoms in total. The molecule has 2 rings (SSSR count). The number of carbonyl (C=O) groups is 2. The summed E-state index contributed by atoms with van der Waals surface area (Å²) in [6.45, 7) is 1.72. The average Bonchev–Trinajstić information content (AvgIpc) is 2.66. The van der Waals surface area contributed by atoms with Crippen LogP contribution in [0.5, 0.6) is 0 Å². The Labute approximate surface area is 184 Å².